The minimum atomic E-state index is -1.91. The van der Waals surface area contributed by atoms with Crippen molar-refractivity contribution in [3.05, 3.63) is 0 Å². The van der Waals surface area contributed by atoms with Gasteiger partial charge in [0, 0.05) is 31.4 Å². The number of aliphatic hydroxyl groups is 1. The van der Waals surface area contributed by atoms with Crippen LogP contribution in [0.5, 0.6) is 0 Å². The second-order valence-corrected chi connectivity index (χ2v) is 8.33. The number of carbonyl (C=O) groups is 2. The number of nitrogens with zero attached hydrogens (tertiary/aromatic N) is 3. The standard InChI is InChI=1S/C15H31N5O3S/c1-5-12(16)15(23,24-11(2)3)14(22)20(17)13(21)10-19-8-6-18(4)7-9-19/h11-12,23H,5-10,16-17H2,1-4H3/t12-,15-/m1/s1. The lowest BCUT2D eigenvalue weighted by molar-refractivity contribution is -0.154. The van der Waals surface area contributed by atoms with Crippen LogP contribution >= 0.6 is 11.8 Å². The number of amides is 2. The molecule has 0 unspecified atom stereocenters. The number of hydrogen-bond donors (Lipinski definition) is 3. The summed E-state index contributed by atoms with van der Waals surface area (Å²) in [5, 5.41) is 11.3. The number of thioether (sulfide) groups is 1. The van der Waals surface area contributed by atoms with E-state index >= 15 is 0 Å². The Hall–Kier alpha value is -0.710. The molecule has 1 aliphatic heterocycles. The van der Waals surface area contributed by atoms with E-state index in [2.05, 4.69) is 4.90 Å². The molecule has 2 atom stereocenters. The van der Waals surface area contributed by atoms with Gasteiger partial charge in [-0.2, -0.15) is 0 Å². The fraction of sp³-hybridized carbons (Fsp3) is 0.867. The van der Waals surface area contributed by atoms with Crippen LogP contribution in [0.2, 0.25) is 0 Å². The van der Waals surface area contributed by atoms with Crippen LogP contribution in [0.4, 0.5) is 0 Å². The molecule has 0 spiro atoms. The van der Waals surface area contributed by atoms with E-state index in [0.717, 1.165) is 37.9 Å². The van der Waals surface area contributed by atoms with Gasteiger partial charge in [-0.05, 0) is 13.5 Å². The molecule has 1 fully saturated rings. The van der Waals surface area contributed by atoms with E-state index in [1.54, 1.807) is 6.92 Å². The van der Waals surface area contributed by atoms with Crippen LogP contribution in [0.25, 0.3) is 0 Å². The summed E-state index contributed by atoms with van der Waals surface area (Å²) in [6, 6.07) is -0.806. The Bertz CT molecular complexity index is 443. The zero-order chi connectivity index (χ0) is 18.5. The number of rotatable bonds is 7. The zero-order valence-corrected chi connectivity index (χ0v) is 15.9. The van der Waals surface area contributed by atoms with E-state index in [1.165, 1.54) is 0 Å². The normalized spacial score (nSPS) is 20.7. The molecule has 0 aromatic heterocycles. The summed E-state index contributed by atoms with van der Waals surface area (Å²) in [7, 11) is 2.02. The van der Waals surface area contributed by atoms with E-state index in [9.17, 15) is 14.7 Å². The second kappa shape index (κ2) is 9.12. The third-order valence-corrected chi connectivity index (χ3v) is 5.41. The third kappa shape index (κ3) is 5.40. The van der Waals surface area contributed by atoms with Crippen LogP contribution in [-0.2, 0) is 9.59 Å². The average Bonchev–Trinajstić information content (AvgIpc) is 2.53. The van der Waals surface area contributed by atoms with E-state index in [-0.39, 0.29) is 11.8 Å². The highest BCUT2D eigenvalue weighted by Gasteiger charge is 2.46. The first-order valence-electron chi connectivity index (χ1n) is 8.30. The van der Waals surface area contributed by atoms with Gasteiger partial charge in [0.05, 0.1) is 12.6 Å². The fourth-order valence-electron chi connectivity index (χ4n) is 2.49. The van der Waals surface area contributed by atoms with Gasteiger partial charge in [-0.15, -0.1) is 11.8 Å². The Morgan fingerprint density at radius 2 is 1.83 bits per heavy atom. The Kier molecular flexibility index (Phi) is 8.10. The maximum atomic E-state index is 12.6. The van der Waals surface area contributed by atoms with E-state index in [1.807, 2.05) is 25.8 Å². The van der Waals surface area contributed by atoms with Crippen molar-refractivity contribution in [1.82, 2.24) is 14.8 Å². The molecule has 2 amide bonds. The number of carbonyl (C=O) groups excluding carboxylic acids is 2. The monoisotopic (exact) mass is 361 g/mol. The van der Waals surface area contributed by atoms with E-state index in [4.69, 9.17) is 11.6 Å². The highest BCUT2D eigenvalue weighted by Crippen LogP contribution is 2.32. The van der Waals surface area contributed by atoms with Gasteiger partial charge >= 0.3 is 0 Å². The lowest BCUT2D eigenvalue weighted by Gasteiger charge is -2.36. The van der Waals surface area contributed by atoms with E-state index in [0.29, 0.717) is 11.4 Å². The number of hydrogen-bond acceptors (Lipinski definition) is 8. The van der Waals surface area contributed by atoms with Crippen LogP contribution in [-0.4, -0.2) is 87.7 Å². The summed E-state index contributed by atoms with van der Waals surface area (Å²) < 4.78 is 0. The number of nitrogens with two attached hydrogens (primary N) is 2. The molecular formula is C15H31N5O3S. The number of hydrazine groups is 1. The Labute approximate surface area is 148 Å². The van der Waals surface area contributed by atoms with Gasteiger partial charge in [0.1, 0.15) is 0 Å². The summed E-state index contributed by atoms with van der Waals surface area (Å²) in [6.07, 6.45) is 0.391. The van der Waals surface area contributed by atoms with Gasteiger partial charge in [0.2, 0.25) is 4.93 Å². The SMILES string of the molecule is CC[C@@H](N)[C@@](O)(SC(C)C)C(=O)N(N)C(=O)CN1CCN(C)CC1. The van der Waals surface area contributed by atoms with Crippen molar-refractivity contribution < 1.29 is 14.7 Å². The summed E-state index contributed by atoms with van der Waals surface area (Å²) in [4.78, 5) is 27.2. The summed E-state index contributed by atoms with van der Waals surface area (Å²) in [6.45, 7) is 8.72. The smallest absolute Gasteiger partial charge is 0.287 e. The fourth-order valence-corrected chi connectivity index (χ4v) is 3.75. The first-order chi connectivity index (χ1) is 11.1. The highest BCUT2D eigenvalue weighted by molar-refractivity contribution is 8.01. The van der Waals surface area contributed by atoms with Crippen LogP contribution in [0.15, 0.2) is 0 Å². The Morgan fingerprint density at radius 1 is 1.29 bits per heavy atom. The molecular weight excluding hydrogens is 330 g/mol. The predicted molar refractivity (Wildman–Crippen MR) is 95.9 cm³/mol. The number of imide groups is 1. The molecule has 1 heterocycles. The summed E-state index contributed by atoms with van der Waals surface area (Å²) >= 11 is 1.02. The minimum Gasteiger partial charge on any atom is -0.370 e. The summed E-state index contributed by atoms with van der Waals surface area (Å²) in [5.74, 6) is 4.34. The zero-order valence-electron chi connectivity index (χ0n) is 15.1. The molecule has 5 N–H and O–H groups in total. The highest BCUT2D eigenvalue weighted by atomic mass is 32.2. The van der Waals surface area contributed by atoms with Gasteiger partial charge in [-0.25, -0.2) is 10.9 Å². The summed E-state index contributed by atoms with van der Waals surface area (Å²) in [5.41, 5.74) is 5.94. The molecule has 0 aliphatic carbocycles. The molecule has 1 saturated heterocycles. The number of likely N-dealkylation sites (N-methyl/N-ethyl adjacent to an activating group) is 1. The lowest BCUT2D eigenvalue weighted by atomic mass is 10.1. The topological polar surface area (TPSA) is 116 Å². The quantitative estimate of drug-likeness (QED) is 0.230. The second-order valence-electron chi connectivity index (χ2n) is 6.53. The van der Waals surface area contributed by atoms with E-state index < -0.39 is 22.8 Å². The Morgan fingerprint density at radius 3 is 2.29 bits per heavy atom. The molecule has 1 aliphatic rings. The Balaban J connectivity index is 2.76. The van der Waals surface area contributed by atoms with Crippen molar-refractivity contribution in [2.24, 2.45) is 11.6 Å². The molecule has 0 bridgehead atoms. The molecule has 8 nitrogen and oxygen atoms in total. The van der Waals surface area contributed by atoms with Gasteiger partial charge in [-0.3, -0.25) is 14.5 Å². The van der Waals surface area contributed by atoms with Crippen molar-refractivity contribution in [3.63, 3.8) is 0 Å². The predicted octanol–water partition coefficient (Wildman–Crippen LogP) is -0.970. The van der Waals surface area contributed by atoms with Crippen LogP contribution in [0.3, 0.4) is 0 Å². The molecule has 0 radical (unpaired) electrons. The molecule has 1 rings (SSSR count). The molecule has 0 aromatic carbocycles. The van der Waals surface area contributed by atoms with Crippen LogP contribution in [0, 0.1) is 0 Å². The average molecular weight is 362 g/mol. The number of piperazine rings is 1. The van der Waals surface area contributed by atoms with Crippen molar-refractivity contribution in [3.8, 4) is 0 Å². The van der Waals surface area contributed by atoms with Crippen LogP contribution < -0.4 is 11.6 Å². The maximum Gasteiger partial charge on any atom is 0.287 e. The van der Waals surface area contributed by atoms with Crippen molar-refractivity contribution in [2.45, 2.75) is 43.4 Å². The van der Waals surface area contributed by atoms with Gasteiger partial charge in [0.15, 0.2) is 0 Å². The third-order valence-electron chi connectivity index (χ3n) is 4.11. The van der Waals surface area contributed by atoms with Crippen molar-refractivity contribution in [2.75, 3.05) is 39.8 Å². The largest absolute Gasteiger partial charge is 0.370 e. The molecule has 24 heavy (non-hydrogen) atoms. The van der Waals surface area contributed by atoms with Crippen molar-refractivity contribution in [1.29, 1.82) is 0 Å². The molecule has 140 valence electrons. The van der Waals surface area contributed by atoms with Gasteiger partial charge in [-0.1, -0.05) is 20.8 Å². The first-order valence-corrected chi connectivity index (χ1v) is 9.18. The molecule has 0 aromatic rings. The molecule has 9 heteroatoms. The lowest BCUT2D eigenvalue weighted by Crippen LogP contribution is -2.62. The molecule has 0 saturated carbocycles. The van der Waals surface area contributed by atoms with Crippen LogP contribution in [0.1, 0.15) is 27.2 Å². The van der Waals surface area contributed by atoms with Crippen molar-refractivity contribution >= 4 is 23.6 Å². The maximum absolute atomic E-state index is 12.6. The minimum absolute atomic E-state index is 0.0438. The first kappa shape index (κ1) is 21.3. The van der Waals surface area contributed by atoms with Gasteiger partial charge < -0.3 is 15.7 Å². The van der Waals surface area contributed by atoms with Gasteiger partial charge in [0.25, 0.3) is 11.8 Å².